The van der Waals surface area contributed by atoms with Crippen molar-refractivity contribution in [2.24, 2.45) is 0 Å². The van der Waals surface area contributed by atoms with E-state index in [9.17, 15) is 13.2 Å². The van der Waals surface area contributed by atoms with Crippen LogP contribution in [0.1, 0.15) is 5.56 Å². The van der Waals surface area contributed by atoms with Crippen LogP contribution in [0.25, 0.3) is 33.7 Å². The fraction of sp³-hybridized carbons (Fsp3) is 0.0455. The summed E-state index contributed by atoms with van der Waals surface area (Å²) in [5.74, 6) is 0.568. The standard InChI is InChI=1S/C22H14F3N7/c23-22(24,25)16-9-3-1-7-14(16)19-27-18(13-6-5-11-26-12-13)28-21(29-19)30-20-15-8-2-4-10-17(15)31-32-20/h1-12H,(H2,27,28,29,30,31,32). The average molecular weight is 433 g/mol. The number of alkyl halides is 3. The van der Waals surface area contributed by atoms with E-state index in [1.54, 1.807) is 18.3 Å². The summed E-state index contributed by atoms with van der Waals surface area (Å²) in [5, 5.41) is 10.9. The molecule has 2 aromatic carbocycles. The van der Waals surface area contributed by atoms with Crippen molar-refractivity contribution in [1.29, 1.82) is 0 Å². The van der Waals surface area contributed by atoms with E-state index in [0.717, 1.165) is 17.0 Å². The fourth-order valence-corrected chi connectivity index (χ4v) is 3.27. The number of pyridine rings is 1. The molecule has 0 radical (unpaired) electrons. The number of aromatic amines is 1. The van der Waals surface area contributed by atoms with Gasteiger partial charge in [0, 0.05) is 28.9 Å². The first-order valence-electron chi connectivity index (χ1n) is 9.52. The van der Waals surface area contributed by atoms with Gasteiger partial charge in [0.2, 0.25) is 5.95 Å². The van der Waals surface area contributed by atoms with E-state index in [0.29, 0.717) is 11.4 Å². The molecule has 2 N–H and O–H groups in total. The molecule has 0 bridgehead atoms. The van der Waals surface area contributed by atoms with Crippen molar-refractivity contribution in [1.82, 2.24) is 30.1 Å². The molecule has 0 atom stereocenters. The molecule has 0 fully saturated rings. The van der Waals surface area contributed by atoms with Gasteiger partial charge in [0.15, 0.2) is 17.5 Å². The predicted octanol–water partition coefficient (Wildman–Crippen LogP) is 5.24. The van der Waals surface area contributed by atoms with Crippen molar-refractivity contribution in [3.8, 4) is 22.8 Å². The molecule has 32 heavy (non-hydrogen) atoms. The lowest BCUT2D eigenvalue weighted by Gasteiger charge is -2.13. The largest absolute Gasteiger partial charge is 0.417 e. The number of aromatic nitrogens is 6. The van der Waals surface area contributed by atoms with E-state index in [4.69, 9.17) is 0 Å². The third kappa shape index (κ3) is 3.73. The Morgan fingerprint density at radius 3 is 2.41 bits per heavy atom. The molecular weight excluding hydrogens is 419 g/mol. The van der Waals surface area contributed by atoms with Crippen LogP contribution in [0.15, 0.2) is 73.1 Å². The summed E-state index contributed by atoms with van der Waals surface area (Å²) < 4.78 is 40.9. The van der Waals surface area contributed by atoms with Crippen molar-refractivity contribution in [2.75, 3.05) is 5.32 Å². The maximum Gasteiger partial charge on any atom is 0.417 e. The highest BCUT2D eigenvalue weighted by Crippen LogP contribution is 2.36. The van der Waals surface area contributed by atoms with Gasteiger partial charge in [-0.15, -0.1) is 0 Å². The number of nitrogens with one attached hydrogen (secondary N) is 2. The van der Waals surface area contributed by atoms with Crippen LogP contribution in [-0.2, 0) is 6.18 Å². The van der Waals surface area contributed by atoms with Crippen molar-refractivity contribution >= 4 is 22.7 Å². The number of benzene rings is 2. The van der Waals surface area contributed by atoms with Crippen LogP contribution >= 0.6 is 0 Å². The molecule has 0 amide bonds. The van der Waals surface area contributed by atoms with Gasteiger partial charge in [-0.25, -0.2) is 4.98 Å². The number of nitrogens with zero attached hydrogens (tertiary/aromatic N) is 5. The molecule has 5 aromatic rings. The second kappa shape index (κ2) is 7.73. The van der Waals surface area contributed by atoms with Crippen LogP contribution < -0.4 is 5.32 Å². The van der Waals surface area contributed by atoms with E-state index in [-0.39, 0.29) is 23.2 Å². The van der Waals surface area contributed by atoms with Crippen molar-refractivity contribution in [3.05, 3.63) is 78.6 Å². The Labute approximate surface area is 179 Å². The highest BCUT2D eigenvalue weighted by atomic mass is 19.4. The predicted molar refractivity (Wildman–Crippen MR) is 113 cm³/mol. The van der Waals surface area contributed by atoms with Gasteiger partial charge in [-0.1, -0.05) is 30.3 Å². The summed E-state index contributed by atoms with van der Waals surface area (Å²) in [5.41, 5.74) is 0.344. The number of H-pyrrole nitrogens is 1. The number of fused-ring (bicyclic) bond motifs is 1. The van der Waals surface area contributed by atoms with E-state index < -0.39 is 11.7 Å². The molecule has 0 spiro atoms. The smallest absolute Gasteiger partial charge is 0.307 e. The average Bonchev–Trinajstić information content (AvgIpc) is 3.22. The Morgan fingerprint density at radius 1 is 0.812 bits per heavy atom. The lowest BCUT2D eigenvalue weighted by Crippen LogP contribution is -2.10. The third-order valence-corrected chi connectivity index (χ3v) is 4.73. The Bertz CT molecular complexity index is 1400. The quantitative estimate of drug-likeness (QED) is 0.403. The maximum atomic E-state index is 13.6. The van der Waals surface area contributed by atoms with Crippen LogP contribution in [0.4, 0.5) is 24.9 Å². The van der Waals surface area contributed by atoms with Crippen LogP contribution in [0.2, 0.25) is 0 Å². The SMILES string of the molecule is FC(F)(F)c1ccccc1-c1nc(Nc2n[nH]c3ccccc23)nc(-c2cccnc2)n1. The van der Waals surface area contributed by atoms with Gasteiger partial charge in [0.05, 0.1) is 11.1 Å². The summed E-state index contributed by atoms with van der Waals surface area (Å²) in [6.07, 6.45) is -1.45. The van der Waals surface area contributed by atoms with Crippen molar-refractivity contribution in [2.45, 2.75) is 6.18 Å². The van der Waals surface area contributed by atoms with Gasteiger partial charge in [0.1, 0.15) is 0 Å². The van der Waals surface area contributed by atoms with E-state index in [1.165, 1.54) is 24.4 Å². The maximum absolute atomic E-state index is 13.6. The van der Waals surface area contributed by atoms with E-state index >= 15 is 0 Å². The number of para-hydroxylation sites is 1. The Morgan fingerprint density at radius 2 is 1.59 bits per heavy atom. The summed E-state index contributed by atoms with van der Waals surface area (Å²) >= 11 is 0. The molecule has 10 heteroatoms. The Balaban J connectivity index is 1.67. The zero-order valence-electron chi connectivity index (χ0n) is 16.3. The van der Waals surface area contributed by atoms with Gasteiger partial charge in [-0.05, 0) is 30.3 Å². The minimum atomic E-state index is -4.57. The minimum Gasteiger partial charge on any atom is -0.307 e. The first kappa shape index (κ1) is 19.6. The zero-order chi connectivity index (χ0) is 22.1. The molecule has 0 aliphatic heterocycles. The summed E-state index contributed by atoms with van der Waals surface area (Å²) in [6.45, 7) is 0. The lowest BCUT2D eigenvalue weighted by molar-refractivity contribution is -0.137. The highest BCUT2D eigenvalue weighted by molar-refractivity contribution is 5.90. The summed E-state index contributed by atoms with van der Waals surface area (Å²) in [4.78, 5) is 17.0. The van der Waals surface area contributed by atoms with Gasteiger partial charge in [0.25, 0.3) is 0 Å². The molecule has 0 aliphatic rings. The molecule has 0 saturated carbocycles. The van der Waals surface area contributed by atoms with Crippen molar-refractivity contribution in [3.63, 3.8) is 0 Å². The number of hydrogen-bond donors (Lipinski definition) is 2. The molecule has 0 saturated heterocycles. The Kier molecular flexibility index (Phi) is 4.74. The van der Waals surface area contributed by atoms with E-state index in [2.05, 4.69) is 35.5 Å². The molecule has 158 valence electrons. The minimum absolute atomic E-state index is 0.0584. The number of hydrogen-bond acceptors (Lipinski definition) is 6. The van der Waals surface area contributed by atoms with Gasteiger partial charge < -0.3 is 5.32 Å². The number of halogens is 3. The fourth-order valence-electron chi connectivity index (χ4n) is 3.27. The molecule has 3 aromatic heterocycles. The van der Waals surface area contributed by atoms with Crippen LogP contribution in [0.3, 0.4) is 0 Å². The first-order chi connectivity index (χ1) is 15.5. The highest BCUT2D eigenvalue weighted by Gasteiger charge is 2.34. The number of rotatable bonds is 4. The van der Waals surface area contributed by atoms with Gasteiger partial charge >= 0.3 is 6.18 Å². The second-order valence-electron chi connectivity index (χ2n) is 6.83. The summed E-state index contributed by atoms with van der Waals surface area (Å²) in [6, 6.07) is 16.0. The number of anilines is 2. The molecule has 7 nitrogen and oxygen atoms in total. The topological polar surface area (TPSA) is 92.3 Å². The molecule has 0 aliphatic carbocycles. The van der Waals surface area contributed by atoms with Gasteiger partial charge in [-0.2, -0.15) is 28.2 Å². The van der Waals surface area contributed by atoms with Crippen LogP contribution in [0.5, 0.6) is 0 Å². The van der Waals surface area contributed by atoms with E-state index in [1.807, 2.05) is 24.3 Å². The zero-order valence-corrected chi connectivity index (χ0v) is 16.3. The van der Waals surface area contributed by atoms with Gasteiger partial charge in [-0.3, -0.25) is 10.1 Å². The Hall–Kier alpha value is -4.34. The van der Waals surface area contributed by atoms with Crippen LogP contribution in [-0.4, -0.2) is 30.1 Å². The molecular formula is C22H14F3N7. The molecule has 3 heterocycles. The normalized spacial score (nSPS) is 11.6. The van der Waals surface area contributed by atoms with Crippen LogP contribution in [0, 0.1) is 0 Å². The lowest BCUT2D eigenvalue weighted by atomic mass is 10.1. The first-order valence-corrected chi connectivity index (χ1v) is 9.52. The molecule has 5 rings (SSSR count). The monoisotopic (exact) mass is 433 g/mol. The second-order valence-corrected chi connectivity index (χ2v) is 6.83. The third-order valence-electron chi connectivity index (χ3n) is 4.73. The summed E-state index contributed by atoms with van der Waals surface area (Å²) in [7, 11) is 0. The van der Waals surface area contributed by atoms with Crippen molar-refractivity contribution < 1.29 is 13.2 Å². The molecule has 0 unspecified atom stereocenters.